The van der Waals surface area contributed by atoms with Crippen LogP contribution in [0.5, 0.6) is 0 Å². The molecule has 2 saturated carbocycles. The second kappa shape index (κ2) is 60.0. The van der Waals surface area contributed by atoms with Crippen LogP contribution in [-0.2, 0) is 0 Å². The molecule has 0 aromatic heterocycles. The predicted octanol–water partition coefficient (Wildman–Crippen LogP) is 27.6. The molecule has 0 spiro atoms. The van der Waals surface area contributed by atoms with Crippen molar-refractivity contribution < 1.29 is 129 Å². The van der Waals surface area contributed by atoms with Gasteiger partial charge in [-0.1, -0.05) is 333 Å². The van der Waals surface area contributed by atoms with Crippen LogP contribution >= 0.6 is 11.6 Å². The van der Waals surface area contributed by atoms with Crippen LogP contribution in [0.15, 0.2) is 103 Å². The van der Waals surface area contributed by atoms with Crippen molar-refractivity contribution in [3.8, 4) is 0 Å². The first-order valence-corrected chi connectivity index (χ1v) is 35.1. The van der Waals surface area contributed by atoms with E-state index in [-0.39, 0.29) is 144 Å². The Labute approximate surface area is 634 Å². The van der Waals surface area contributed by atoms with Gasteiger partial charge in [0.25, 0.3) is 5.69 Å². The average molecular weight is 2110 g/mol. The minimum absolute atomic E-state index is 0. The first kappa shape index (κ1) is 105. The zero-order valence-electron chi connectivity index (χ0n) is 61.3. The Morgan fingerprint density at radius 2 is 0.729 bits per heavy atom. The Morgan fingerprint density at radius 1 is 0.494 bits per heavy atom. The smallest absolute Gasteiger partial charge is 0.269 e. The topological polar surface area (TPSA) is 43.1 Å². The van der Waals surface area contributed by atoms with Gasteiger partial charge in [0.2, 0.25) is 0 Å². The van der Waals surface area contributed by atoms with E-state index >= 15 is 0 Å². The number of nitro benzene ring substituents is 1. The monoisotopic (exact) mass is 2110 g/mol. The summed E-state index contributed by atoms with van der Waals surface area (Å²) in [6.45, 7) is 66.5. The van der Waals surface area contributed by atoms with E-state index in [4.69, 9.17) is 11.6 Å². The SMILES string of the molecule is CC(C)(C)C.CC(C)c1ccc(Cl)cc1.CC(C)c1ccc([N+](=O)[O-])cc1.CC(C)c1ccccc1.CC1(C)CCCC1.CC1(C)CCCCC1.CCC(C)(C)C.CCC(C)(C)CC.C[CH-]C.C[Si](C)C.Cc1ccc(C(C)C)cc1.[U].[U].[U].[U]. The third kappa shape index (κ3) is 77.4. The van der Waals surface area contributed by atoms with Crippen molar-refractivity contribution in [2.75, 3.05) is 0 Å². The Bertz CT molecular complexity index is 1940. The van der Waals surface area contributed by atoms with Crippen molar-refractivity contribution in [2.24, 2.45) is 27.1 Å². The molecule has 0 atom stereocenters. The summed E-state index contributed by atoms with van der Waals surface area (Å²) in [5.74, 6) is 2.33. The Kier molecular flexibility index (Phi) is 73.9. The zero-order chi connectivity index (χ0) is 64.2. The van der Waals surface area contributed by atoms with Gasteiger partial charge in [0.15, 0.2) is 0 Å². The van der Waals surface area contributed by atoms with Gasteiger partial charge in [-0.05, 0) is 118 Å². The molecule has 4 aromatic carbocycles. The third-order valence-corrected chi connectivity index (χ3v) is 13.9. The molecule has 6 rings (SSSR count). The van der Waals surface area contributed by atoms with E-state index in [9.17, 15) is 10.1 Å². The van der Waals surface area contributed by atoms with E-state index in [2.05, 4.69) is 253 Å². The summed E-state index contributed by atoms with van der Waals surface area (Å²) in [7, 11) is 0.120. The molecule has 2 aliphatic rings. The number of nitrogens with zero attached hydrogens (tertiary/aromatic N) is 1. The summed E-state index contributed by atoms with van der Waals surface area (Å²) in [5.41, 5.74) is 9.79. The van der Waals surface area contributed by atoms with Gasteiger partial charge in [0.1, 0.15) is 0 Å². The van der Waals surface area contributed by atoms with Gasteiger partial charge in [-0.3, -0.25) is 10.1 Å². The van der Waals surface area contributed by atoms with Crippen LogP contribution in [0.4, 0.5) is 5.69 Å². The maximum absolute atomic E-state index is 10.3. The molecule has 0 N–H and O–H groups in total. The van der Waals surface area contributed by atoms with Crippen molar-refractivity contribution in [3.05, 3.63) is 153 Å². The van der Waals surface area contributed by atoms with E-state index < -0.39 is 0 Å². The number of aryl methyl sites for hydroxylation is 1. The maximum atomic E-state index is 10.3. The number of non-ortho nitro benzene ring substituents is 1. The second-order valence-electron chi connectivity index (χ2n) is 29.3. The fraction of sp³-hybridized carbons (Fsp3) is 0.671. The molecule has 9 heteroatoms. The third-order valence-electron chi connectivity index (χ3n) is 13.7. The van der Waals surface area contributed by atoms with E-state index in [1.165, 1.54) is 111 Å². The molecule has 4 aromatic rings. The van der Waals surface area contributed by atoms with Gasteiger partial charge >= 0.3 is 0 Å². The number of rotatable bonds is 7. The van der Waals surface area contributed by atoms with E-state index in [1.807, 2.05) is 38.5 Å². The largest absolute Gasteiger partial charge is 0.335 e. The standard InChI is InChI=1S/C10H14.C9H11Cl.C9H11NO2.C9H12.C8H16.C7H14.C7H16.C6H14.C5H12.C3H9Si.C3H7.4U/c1-8(2)10-6-4-9(3)5-7-10;1-7(2)8-3-5-9(10)6-4-8;1-7(2)8-3-5-9(6-4-8)10(11)12;1-8(2)9-6-4-3-5-7-9;1-8(2)6-4-3-5-7-8;1-7(2)5-3-4-6-7;1-5-7(3,4)6-2;1-5-6(2,3)4;1-5(2,3)4;1-4(2)3;1-3-2;;;;/h4-8H,1-3H3;3-7H,1-2H3;3-7H,1-2H3;3-8H,1-2H3;3-7H2,1-2H3;3-6H2,1-2H3;5-6H2,1-4H3;5H2,1-4H3;1-4H3;1-3H3;3H,1-2H3;;;;/q;;;;;;;;;;-1;;;;. The molecule has 0 bridgehead atoms. The summed E-state index contributed by atoms with van der Waals surface area (Å²) in [6, 6.07) is 33.9. The Morgan fingerprint density at radius 3 is 0.906 bits per heavy atom. The molecule has 0 aliphatic heterocycles. The summed E-state index contributed by atoms with van der Waals surface area (Å²) in [5, 5.41) is 11.1. The predicted molar refractivity (Wildman–Crippen MR) is 376 cm³/mol. The van der Waals surface area contributed by atoms with Crippen molar-refractivity contribution >= 4 is 26.1 Å². The van der Waals surface area contributed by atoms with Crippen LogP contribution in [-0.4, -0.2) is 13.7 Å². The number of nitro groups is 1. The number of halogens is 1. The molecular formula is C76H136ClNO2SiU4-. The number of hydrogen-bond acceptors (Lipinski definition) is 2. The van der Waals surface area contributed by atoms with Crippen molar-refractivity contribution in [1.82, 2.24) is 0 Å². The zero-order valence-corrected chi connectivity index (χ0v) is 79.7. The van der Waals surface area contributed by atoms with Crippen LogP contribution in [0.1, 0.15) is 309 Å². The summed E-state index contributed by atoms with van der Waals surface area (Å²) >= 11 is 5.72. The van der Waals surface area contributed by atoms with Crippen LogP contribution in [0.3, 0.4) is 0 Å². The molecule has 1 radical (unpaired) electrons. The molecule has 85 heavy (non-hydrogen) atoms. The van der Waals surface area contributed by atoms with Crippen LogP contribution < -0.4 is 0 Å². The fourth-order valence-corrected chi connectivity index (χ4v) is 6.83. The quantitative estimate of drug-likeness (QED) is 0.0801. The number of benzene rings is 4. The molecule has 0 saturated heterocycles. The van der Waals surface area contributed by atoms with E-state index in [0.717, 1.165) is 10.6 Å². The average Bonchev–Trinajstić information content (AvgIpc) is 3.78. The molecule has 0 heterocycles. The summed E-state index contributed by atoms with van der Waals surface area (Å²) in [4.78, 5) is 9.90. The normalized spacial score (nSPS) is 13.1. The molecule has 3 nitrogen and oxygen atoms in total. The molecule has 2 fully saturated rings. The second-order valence-corrected chi connectivity index (χ2v) is 32.7. The van der Waals surface area contributed by atoms with Crippen molar-refractivity contribution in [3.63, 3.8) is 0 Å². The van der Waals surface area contributed by atoms with Gasteiger partial charge in [-0.2, -0.15) is 13.8 Å². The molecule has 485 valence electrons. The molecule has 2 aliphatic carbocycles. The Balaban J connectivity index is -0.000000108. The van der Waals surface area contributed by atoms with Crippen LogP contribution in [0, 0.1) is 175 Å². The van der Waals surface area contributed by atoms with Gasteiger partial charge < -0.3 is 6.42 Å². The van der Waals surface area contributed by atoms with Gasteiger partial charge in [-0.15, -0.1) is 0 Å². The fourth-order valence-electron chi connectivity index (χ4n) is 6.71. The molecule has 0 unspecified atom stereocenters. The van der Waals surface area contributed by atoms with E-state index in [0.29, 0.717) is 50.7 Å². The first-order valence-electron chi connectivity index (χ1n) is 31.7. The van der Waals surface area contributed by atoms with Crippen molar-refractivity contribution in [1.29, 1.82) is 0 Å². The van der Waals surface area contributed by atoms with Gasteiger partial charge in [0.05, 0.1) is 4.92 Å². The van der Waals surface area contributed by atoms with Crippen LogP contribution in [0.2, 0.25) is 24.7 Å². The molecule has 0 amide bonds. The van der Waals surface area contributed by atoms with Crippen LogP contribution in [0.25, 0.3) is 0 Å². The van der Waals surface area contributed by atoms with E-state index in [1.54, 1.807) is 12.1 Å². The Hall–Kier alpha value is 0.995. The maximum Gasteiger partial charge on any atom is 0.269 e. The minimum Gasteiger partial charge on any atom is -0.335 e. The number of hydrogen-bond donors (Lipinski definition) is 0. The van der Waals surface area contributed by atoms with Crippen molar-refractivity contribution in [2.45, 2.75) is 307 Å². The molecular weight excluding hydrogens is 1970 g/mol. The summed E-state index contributed by atoms with van der Waals surface area (Å²) in [6.07, 6.45) is 19.0. The first-order chi connectivity index (χ1) is 37.1. The van der Waals surface area contributed by atoms with Gasteiger partial charge in [-0.25, -0.2) is 0 Å². The summed E-state index contributed by atoms with van der Waals surface area (Å²) < 4.78 is 0. The minimum atomic E-state index is -0.385. The van der Waals surface area contributed by atoms with Gasteiger partial charge in [0, 0.05) is 150 Å².